The van der Waals surface area contributed by atoms with Crippen molar-refractivity contribution in [1.82, 2.24) is 4.98 Å². The molecule has 1 aromatic carbocycles. The van der Waals surface area contributed by atoms with Crippen LogP contribution in [-0.2, 0) is 0 Å². The van der Waals surface area contributed by atoms with Crippen molar-refractivity contribution in [1.29, 1.82) is 0 Å². The summed E-state index contributed by atoms with van der Waals surface area (Å²) in [6.07, 6.45) is 0.995. The maximum absolute atomic E-state index is 9.99. The fraction of sp³-hybridized carbons (Fsp3) is 0.385. The van der Waals surface area contributed by atoms with Gasteiger partial charge in [-0.05, 0) is 37.6 Å². The number of benzene rings is 1. The van der Waals surface area contributed by atoms with E-state index in [0.29, 0.717) is 13.0 Å². The van der Waals surface area contributed by atoms with Crippen LogP contribution in [0.25, 0.3) is 10.9 Å². The molecule has 1 unspecified atom stereocenters. The third-order valence-corrected chi connectivity index (χ3v) is 2.91. The minimum Gasteiger partial charge on any atom is -0.496 e. The molecular formula is C13H18N2O2. The Morgan fingerprint density at radius 3 is 3.00 bits per heavy atom. The molecule has 92 valence electrons. The summed E-state index contributed by atoms with van der Waals surface area (Å²) < 4.78 is 5.28. The first kappa shape index (κ1) is 12.0. The number of rotatable bonds is 5. The number of aliphatic hydroxyl groups is 1. The summed E-state index contributed by atoms with van der Waals surface area (Å²) in [4.78, 5) is 3.21. The molecule has 4 heteroatoms. The molecule has 17 heavy (non-hydrogen) atoms. The van der Waals surface area contributed by atoms with Gasteiger partial charge in [0.1, 0.15) is 5.75 Å². The van der Waals surface area contributed by atoms with Gasteiger partial charge < -0.3 is 20.6 Å². The lowest BCUT2D eigenvalue weighted by molar-refractivity contribution is 0.161. The lowest BCUT2D eigenvalue weighted by Crippen LogP contribution is -2.03. The summed E-state index contributed by atoms with van der Waals surface area (Å²) in [6.45, 7) is 0.598. The van der Waals surface area contributed by atoms with E-state index in [0.717, 1.165) is 28.8 Å². The Balaban J connectivity index is 2.31. The van der Waals surface area contributed by atoms with E-state index >= 15 is 0 Å². The average molecular weight is 234 g/mol. The van der Waals surface area contributed by atoms with E-state index < -0.39 is 6.10 Å². The molecule has 2 aromatic rings. The number of H-pyrrole nitrogens is 1. The lowest BCUT2D eigenvalue weighted by Gasteiger charge is -2.06. The average Bonchev–Trinajstić information content (AvgIpc) is 2.79. The first-order valence-corrected chi connectivity index (χ1v) is 5.80. The predicted molar refractivity (Wildman–Crippen MR) is 68.1 cm³/mol. The highest BCUT2D eigenvalue weighted by Crippen LogP contribution is 2.29. The summed E-state index contributed by atoms with van der Waals surface area (Å²) >= 11 is 0. The highest BCUT2D eigenvalue weighted by Gasteiger charge is 2.12. The van der Waals surface area contributed by atoms with Crippen molar-refractivity contribution >= 4 is 10.9 Å². The lowest BCUT2D eigenvalue weighted by atomic mass is 10.1. The highest BCUT2D eigenvalue weighted by atomic mass is 16.5. The van der Waals surface area contributed by atoms with Crippen molar-refractivity contribution < 1.29 is 9.84 Å². The molecule has 0 aliphatic heterocycles. The zero-order valence-corrected chi connectivity index (χ0v) is 9.94. The van der Waals surface area contributed by atoms with Gasteiger partial charge in [0.25, 0.3) is 0 Å². The van der Waals surface area contributed by atoms with Crippen LogP contribution in [0.1, 0.15) is 24.6 Å². The van der Waals surface area contributed by atoms with Crippen LogP contribution >= 0.6 is 0 Å². The van der Waals surface area contributed by atoms with E-state index in [1.807, 2.05) is 24.3 Å². The number of fused-ring (bicyclic) bond motifs is 1. The molecular weight excluding hydrogens is 216 g/mol. The van der Waals surface area contributed by atoms with Crippen molar-refractivity contribution in [2.75, 3.05) is 13.7 Å². The van der Waals surface area contributed by atoms with Crippen molar-refractivity contribution in [2.45, 2.75) is 18.9 Å². The summed E-state index contributed by atoms with van der Waals surface area (Å²) in [7, 11) is 1.65. The second-order valence-corrected chi connectivity index (χ2v) is 4.09. The normalized spacial score (nSPS) is 12.9. The van der Waals surface area contributed by atoms with Crippen molar-refractivity contribution in [3.8, 4) is 5.75 Å². The largest absolute Gasteiger partial charge is 0.496 e. The molecule has 2 rings (SSSR count). The SMILES string of the molecule is COc1cccc2[nH]c(C(O)CCCN)cc12. The van der Waals surface area contributed by atoms with Crippen LogP contribution in [0.5, 0.6) is 5.75 Å². The fourth-order valence-corrected chi connectivity index (χ4v) is 1.97. The van der Waals surface area contributed by atoms with E-state index in [9.17, 15) is 5.11 Å². The number of hydrogen-bond acceptors (Lipinski definition) is 3. The number of hydrogen-bond donors (Lipinski definition) is 3. The van der Waals surface area contributed by atoms with Gasteiger partial charge in [-0.2, -0.15) is 0 Å². The van der Waals surface area contributed by atoms with Gasteiger partial charge in [0.15, 0.2) is 0 Å². The van der Waals surface area contributed by atoms with Gasteiger partial charge in [-0.25, -0.2) is 0 Å². The predicted octanol–water partition coefficient (Wildman–Crippen LogP) is 1.95. The molecule has 0 saturated carbocycles. The second-order valence-electron chi connectivity index (χ2n) is 4.09. The van der Waals surface area contributed by atoms with Crippen LogP contribution in [0.4, 0.5) is 0 Å². The molecule has 0 aliphatic carbocycles. The van der Waals surface area contributed by atoms with Crippen LogP contribution < -0.4 is 10.5 Å². The molecule has 0 bridgehead atoms. The quantitative estimate of drug-likeness (QED) is 0.740. The molecule has 0 aliphatic rings. The Hall–Kier alpha value is -1.52. The van der Waals surface area contributed by atoms with E-state index in [-0.39, 0.29) is 0 Å². The standard InChI is InChI=1S/C13H18N2O2/c1-17-13-6-2-4-10-9(13)8-11(15-10)12(16)5-3-7-14/h2,4,6,8,12,15-16H,3,5,7,14H2,1H3. The van der Waals surface area contributed by atoms with Crippen LogP contribution in [0.2, 0.25) is 0 Å². The van der Waals surface area contributed by atoms with E-state index in [1.54, 1.807) is 7.11 Å². The molecule has 0 amide bonds. The molecule has 1 atom stereocenters. The summed E-state index contributed by atoms with van der Waals surface area (Å²) in [5, 5.41) is 11.0. The van der Waals surface area contributed by atoms with E-state index in [1.165, 1.54) is 0 Å². The Kier molecular flexibility index (Phi) is 3.66. The minimum atomic E-state index is -0.490. The zero-order valence-electron chi connectivity index (χ0n) is 9.94. The summed E-state index contributed by atoms with van der Waals surface area (Å²) in [5.74, 6) is 0.816. The maximum atomic E-state index is 9.99. The van der Waals surface area contributed by atoms with Gasteiger partial charge in [0.05, 0.1) is 13.2 Å². The molecule has 4 N–H and O–H groups in total. The summed E-state index contributed by atoms with van der Waals surface area (Å²) in [6, 6.07) is 7.74. The van der Waals surface area contributed by atoms with E-state index in [4.69, 9.17) is 10.5 Å². The number of ether oxygens (including phenoxy) is 1. The molecule has 0 radical (unpaired) electrons. The first-order valence-electron chi connectivity index (χ1n) is 5.80. The topological polar surface area (TPSA) is 71.3 Å². The Bertz CT molecular complexity index is 493. The van der Waals surface area contributed by atoms with Gasteiger partial charge in [0.2, 0.25) is 0 Å². The number of methoxy groups -OCH3 is 1. The van der Waals surface area contributed by atoms with Crippen LogP contribution in [-0.4, -0.2) is 23.7 Å². The van der Waals surface area contributed by atoms with Crippen molar-refractivity contribution in [2.24, 2.45) is 5.73 Å². The number of aromatic amines is 1. The number of nitrogens with two attached hydrogens (primary N) is 1. The third kappa shape index (κ3) is 2.43. The molecule has 1 aromatic heterocycles. The molecule has 4 nitrogen and oxygen atoms in total. The van der Waals surface area contributed by atoms with Gasteiger partial charge >= 0.3 is 0 Å². The zero-order chi connectivity index (χ0) is 12.3. The van der Waals surface area contributed by atoms with Crippen LogP contribution in [0.15, 0.2) is 24.3 Å². The number of aliphatic hydroxyl groups excluding tert-OH is 1. The van der Waals surface area contributed by atoms with Gasteiger partial charge in [-0.1, -0.05) is 6.07 Å². The van der Waals surface area contributed by atoms with Gasteiger partial charge in [-0.15, -0.1) is 0 Å². The monoisotopic (exact) mass is 234 g/mol. The second kappa shape index (κ2) is 5.21. The Morgan fingerprint density at radius 1 is 1.47 bits per heavy atom. The van der Waals surface area contributed by atoms with Gasteiger partial charge in [0, 0.05) is 16.6 Å². The smallest absolute Gasteiger partial charge is 0.128 e. The van der Waals surface area contributed by atoms with Gasteiger partial charge in [-0.3, -0.25) is 0 Å². The molecule has 0 saturated heterocycles. The maximum Gasteiger partial charge on any atom is 0.128 e. The minimum absolute atomic E-state index is 0.490. The molecule has 0 fully saturated rings. The highest BCUT2D eigenvalue weighted by molar-refractivity contribution is 5.86. The molecule has 1 heterocycles. The number of aromatic nitrogens is 1. The number of nitrogens with one attached hydrogen (secondary N) is 1. The summed E-state index contributed by atoms with van der Waals surface area (Å²) in [5.41, 5.74) is 7.23. The van der Waals surface area contributed by atoms with E-state index in [2.05, 4.69) is 4.98 Å². The fourth-order valence-electron chi connectivity index (χ4n) is 1.97. The van der Waals surface area contributed by atoms with Crippen molar-refractivity contribution in [3.63, 3.8) is 0 Å². The molecule has 0 spiro atoms. The Morgan fingerprint density at radius 2 is 2.29 bits per heavy atom. The van der Waals surface area contributed by atoms with Crippen LogP contribution in [0, 0.1) is 0 Å². The first-order chi connectivity index (χ1) is 8.26. The Labute approximate surface area is 100 Å². The van der Waals surface area contributed by atoms with Crippen molar-refractivity contribution in [3.05, 3.63) is 30.0 Å². The third-order valence-electron chi connectivity index (χ3n) is 2.91. The van der Waals surface area contributed by atoms with Crippen LogP contribution in [0.3, 0.4) is 0 Å².